The molecule has 0 aliphatic carbocycles. The number of ether oxygens (including phenoxy) is 1. The van der Waals surface area contributed by atoms with Gasteiger partial charge in [-0.3, -0.25) is 4.79 Å². The van der Waals surface area contributed by atoms with Gasteiger partial charge >= 0.3 is 0 Å². The van der Waals surface area contributed by atoms with Crippen LogP contribution >= 0.6 is 11.8 Å². The summed E-state index contributed by atoms with van der Waals surface area (Å²) in [6.45, 7) is 4.41. The number of amides is 1. The molecule has 2 heterocycles. The van der Waals surface area contributed by atoms with Crippen molar-refractivity contribution in [2.75, 3.05) is 11.1 Å². The van der Waals surface area contributed by atoms with E-state index in [0.29, 0.717) is 34.7 Å². The number of nitrogens with one attached hydrogen (secondary N) is 1. The number of carbonyl (C=O) groups is 1. The van der Waals surface area contributed by atoms with E-state index in [0.717, 1.165) is 29.7 Å². The van der Waals surface area contributed by atoms with Crippen molar-refractivity contribution in [3.8, 4) is 5.75 Å². The fraction of sp³-hybridized carbons (Fsp3) is 0.292. The van der Waals surface area contributed by atoms with E-state index in [-0.39, 0.29) is 0 Å². The summed E-state index contributed by atoms with van der Waals surface area (Å²) in [6.07, 6.45) is 2.20. The van der Waals surface area contributed by atoms with Crippen LogP contribution in [0.5, 0.6) is 5.75 Å². The minimum atomic E-state index is -0.524. The highest BCUT2D eigenvalue weighted by Crippen LogP contribution is 2.39. The number of fused-ring (bicyclic) bond motifs is 1. The molecule has 0 radical (unpaired) electrons. The van der Waals surface area contributed by atoms with Gasteiger partial charge in [0.25, 0.3) is 0 Å². The van der Waals surface area contributed by atoms with Gasteiger partial charge in [-0.25, -0.2) is 4.68 Å². The minimum absolute atomic E-state index is 0.416. The summed E-state index contributed by atoms with van der Waals surface area (Å²) >= 11 is 1.61. The quantitative estimate of drug-likeness (QED) is 0.368. The van der Waals surface area contributed by atoms with Gasteiger partial charge in [-0.15, -0.1) is 5.10 Å². The second-order valence-corrected chi connectivity index (χ2v) is 8.67. The average molecular weight is 450 g/mol. The number of para-hydroxylation sites is 1. The molecule has 166 valence electrons. The Hall–Kier alpha value is -3.26. The molecule has 0 saturated carbocycles. The maximum absolute atomic E-state index is 12.5. The van der Waals surface area contributed by atoms with Gasteiger partial charge in [0, 0.05) is 17.0 Å². The Morgan fingerprint density at radius 1 is 1.19 bits per heavy atom. The Morgan fingerprint density at radius 3 is 2.69 bits per heavy atom. The standard InChI is InChI=1S/C24H27N5O2S/c1-3-4-14-32-24-27-23-26-16(2)20(22(25)30)21(29(23)28-24)18-12-8-9-13-19(18)31-15-17-10-6-5-7-11-17/h5-13,21H,3-4,14-15H2,1-2H3,(H2,25,30)(H,26,27,28). The molecule has 0 saturated heterocycles. The Bertz CT molecular complexity index is 1130. The summed E-state index contributed by atoms with van der Waals surface area (Å²) in [4.78, 5) is 17.1. The van der Waals surface area contributed by atoms with Crippen LogP contribution in [0.1, 0.15) is 43.9 Å². The predicted molar refractivity (Wildman–Crippen MR) is 127 cm³/mol. The lowest BCUT2D eigenvalue weighted by Crippen LogP contribution is -2.32. The summed E-state index contributed by atoms with van der Waals surface area (Å²) in [6, 6.07) is 17.1. The van der Waals surface area contributed by atoms with Crippen LogP contribution in [0.2, 0.25) is 0 Å². The molecule has 1 amide bonds. The van der Waals surface area contributed by atoms with E-state index in [9.17, 15) is 4.79 Å². The molecule has 32 heavy (non-hydrogen) atoms. The Balaban J connectivity index is 1.72. The highest BCUT2D eigenvalue weighted by molar-refractivity contribution is 7.99. The highest BCUT2D eigenvalue weighted by atomic mass is 32.2. The summed E-state index contributed by atoms with van der Waals surface area (Å²) in [5, 5.41) is 8.58. The molecular formula is C24H27N5O2S. The monoisotopic (exact) mass is 449 g/mol. The summed E-state index contributed by atoms with van der Waals surface area (Å²) in [5.74, 6) is 1.71. The maximum atomic E-state index is 12.5. The van der Waals surface area contributed by atoms with E-state index < -0.39 is 11.9 Å². The number of hydrogen-bond acceptors (Lipinski definition) is 6. The summed E-state index contributed by atoms with van der Waals surface area (Å²) in [5.41, 5.74) is 8.81. The molecule has 7 nitrogen and oxygen atoms in total. The number of hydrogen-bond donors (Lipinski definition) is 2. The molecule has 0 spiro atoms. The van der Waals surface area contributed by atoms with Crippen LogP contribution < -0.4 is 15.8 Å². The predicted octanol–water partition coefficient (Wildman–Crippen LogP) is 4.52. The Labute approximate surface area is 192 Å². The van der Waals surface area contributed by atoms with Gasteiger partial charge in [0.05, 0.1) is 5.57 Å². The molecule has 1 aromatic heterocycles. The van der Waals surface area contributed by atoms with E-state index in [2.05, 4.69) is 17.2 Å². The molecule has 1 unspecified atom stereocenters. The van der Waals surface area contributed by atoms with E-state index in [4.69, 9.17) is 15.6 Å². The zero-order valence-corrected chi connectivity index (χ0v) is 19.1. The van der Waals surface area contributed by atoms with Gasteiger partial charge in [0.1, 0.15) is 18.4 Å². The van der Waals surface area contributed by atoms with Crippen molar-refractivity contribution in [1.29, 1.82) is 0 Å². The lowest BCUT2D eigenvalue weighted by molar-refractivity contribution is -0.115. The van der Waals surface area contributed by atoms with E-state index >= 15 is 0 Å². The number of carbonyl (C=O) groups excluding carboxylic acids is 1. The van der Waals surface area contributed by atoms with Crippen LogP contribution in [0.4, 0.5) is 5.95 Å². The number of thioether (sulfide) groups is 1. The van der Waals surface area contributed by atoms with Crippen LogP contribution in [-0.4, -0.2) is 26.4 Å². The molecular weight excluding hydrogens is 422 g/mol. The molecule has 2 aromatic carbocycles. The topological polar surface area (TPSA) is 95.1 Å². The minimum Gasteiger partial charge on any atom is -0.489 e. The van der Waals surface area contributed by atoms with Crippen molar-refractivity contribution in [1.82, 2.24) is 14.8 Å². The molecule has 4 rings (SSSR count). The first-order chi connectivity index (χ1) is 15.6. The summed E-state index contributed by atoms with van der Waals surface area (Å²) in [7, 11) is 0. The maximum Gasteiger partial charge on any atom is 0.248 e. The van der Waals surface area contributed by atoms with Crippen molar-refractivity contribution < 1.29 is 9.53 Å². The van der Waals surface area contributed by atoms with Crippen molar-refractivity contribution >= 4 is 23.6 Å². The highest BCUT2D eigenvalue weighted by Gasteiger charge is 2.35. The second-order valence-electron chi connectivity index (χ2n) is 7.61. The lowest BCUT2D eigenvalue weighted by Gasteiger charge is -2.28. The third-order valence-electron chi connectivity index (χ3n) is 5.28. The van der Waals surface area contributed by atoms with Crippen LogP contribution in [0.15, 0.2) is 71.0 Å². The smallest absolute Gasteiger partial charge is 0.248 e. The normalized spacial score (nSPS) is 15.2. The first-order valence-corrected chi connectivity index (χ1v) is 11.7. The number of aromatic nitrogens is 3. The number of primary amides is 1. The number of anilines is 1. The molecule has 1 atom stereocenters. The zero-order valence-electron chi connectivity index (χ0n) is 18.2. The van der Waals surface area contributed by atoms with Gasteiger partial charge < -0.3 is 15.8 Å². The molecule has 8 heteroatoms. The molecule has 0 bridgehead atoms. The number of benzene rings is 2. The van der Waals surface area contributed by atoms with Crippen molar-refractivity contribution in [3.63, 3.8) is 0 Å². The zero-order chi connectivity index (χ0) is 22.5. The van der Waals surface area contributed by atoms with Gasteiger partial charge in [0.15, 0.2) is 0 Å². The number of rotatable bonds is 9. The lowest BCUT2D eigenvalue weighted by atomic mass is 9.94. The molecule has 0 fully saturated rings. The largest absolute Gasteiger partial charge is 0.489 e. The van der Waals surface area contributed by atoms with Gasteiger partial charge in [-0.05, 0) is 25.0 Å². The van der Waals surface area contributed by atoms with Crippen molar-refractivity contribution in [3.05, 3.63) is 77.0 Å². The molecule has 3 aromatic rings. The number of nitrogens with two attached hydrogens (primary N) is 1. The van der Waals surface area contributed by atoms with Crippen LogP contribution in [0.25, 0.3) is 0 Å². The van der Waals surface area contributed by atoms with E-state index in [1.54, 1.807) is 16.4 Å². The number of allylic oxidation sites excluding steroid dienone is 1. The molecule has 1 aliphatic heterocycles. The van der Waals surface area contributed by atoms with Crippen molar-refractivity contribution in [2.45, 2.75) is 44.5 Å². The first-order valence-electron chi connectivity index (χ1n) is 10.7. The molecule has 3 N–H and O–H groups in total. The third kappa shape index (κ3) is 4.65. The van der Waals surface area contributed by atoms with E-state index in [1.165, 1.54) is 0 Å². The summed E-state index contributed by atoms with van der Waals surface area (Å²) < 4.78 is 7.92. The number of unbranched alkanes of at least 4 members (excludes halogenated alkanes) is 1. The first kappa shape index (κ1) is 22.0. The van der Waals surface area contributed by atoms with Crippen LogP contribution in [0.3, 0.4) is 0 Å². The van der Waals surface area contributed by atoms with Crippen molar-refractivity contribution in [2.24, 2.45) is 5.73 Å². The Kier molecular flexibility index (Phi) is 6.80. The van der Waals surface area contributed by atoms with Gasteiger partial charge in [0.2, 0.25) is 17.0 Å². The fourth-order valence-corrected chi connectivity index (χ4v) is 4.59. The van der Waals surface area contributed by atoms with E-state index in [1.807, 2.05) is 61.5 Å². The fourth-order valence-electron chi connectivity index (χ4n) is 3.68. The van der Waals surface area contributed by atoms with Gasteiger partial charge in [-0.2, -0.15) is 4.98 Å². The van der Waals surface area contributed by atoms with Crippen LogP contribution in [0, 0.1) is 0 Å². The third-order valence-corrected chi connectivity index (χ3v) is 6.20. The average Bonchev–Trinajstić information content (AvgIpc) is 3.20. The second kappa shape index (κ2) is 9.91. The SMILES string of the molecule is CCCCSc1nc2n(n1)C(c1ccccc1OCc1ccccc1)C(C(N)=O)=C(C)N2. The number of nitrogens with zero attached hydrogens (tertiary/aromatic N) is 3. The van der Waals surface area contributed by atoms with Gasteiger partial charge in [-0.1, -0.05) is 73.6 Å². The Morgan fingerprint density at radius 2 is 1.94 bits per heavy atom. The molecule has 1 aliphatic rings. The van der Waals surface area contributed by atoms with Crippen LogP contribution in [-0.2, 0) is 11.4 Å².